The van der Waals surface area contributed by atoms with Crippen molar-refractivity contribution in [3.8, 4) is 0 Å². The lowest BCUT2D eigenvalue weighted by atomic mass is 10.1. The van der Waals surface area contributed by atoms with Crippen molar-refractivity contribution in [2.75, 3.05) is 6.54 Å². The molecule has 1 heterocycles. The summed E-state index contributed by atoms with van der Waals surface area (Å²) in [4.78, 5) is 16.1. The molecule has 1 saturated carbocycles. The Labute approximate surface area is 123 Å². The maximum atomic E-state index is 12.5. The van der Waals surface area contributed by atoms with Gasteiger partial charge in [0, 0.05) is 23.9 Å². The first-order chi connectivity index (χ1) is 9.16. The highest BCUT2D eigenvalue weighted by atomic mass is 32.1. The number of hydrogen-bond acceptors (Lipinski definition) is 3. The van der Waals surface area contributed by atoms with Crippen LogP contribution in [0.4, 0.5) is 0 Å². The zero-order valence-corrected chi connectivity index (χ0v) is 12.6. The van der Waals surface area contributed by atoms with Crippen molar-refractivity contribution in [2.45, 2.75) is 44.6 Å². The number of rotatable bonds is 6. The van der Waals surface area contributed by atoms with Gasteiger partial charge in [-0.15, -0.1) is 11.3 Å². The van der Waals surface area contributed by atoms with E-state index in [4.69, 9.17) is 18.0 Å². The van der Waals surface area contributed by atoms with Gasteiger partial charge in [0.05, 0.1) is 11.4 Å². The third-order valence-electron chi connectivity index (χ3n) is 3.59. The molecule has 0 saturated heterocycles. The molecule has 0 bridgehead atoms. The van der Waals surface area contributed by atoms with Gasteiger partial charge in [-0.2, -0.15) is 0 Å². The number of carbonyl (C=O) groups is 1. The van der Waals surface area contributed by atoms with E-state index in [0.717, 1.165) is 17.7 Å². The van der Waals surface area contributed by atoms with Gasteiger partial charge in [-0.05, 0) is 24.3 Å². The molecule has 1 aromatic rings. The molecule has 0 atom stereocenters. The normalized spacial score (nSPS) is 15.6. The van der Waals surface area contributed by atoms with Gasteiger partial charge in [-0.25, -0.2) is 0 Å². The van der Waals surface area contributed by atoms with Crippen LogP contribution in [0.15, 0.2) is 17.5 Å². The number of thiocarbonyl (C=S) groups is 1. The SMILES string of the molecule is NC(=S)CCN(C(=O)Cc1cccs1)C1CCCC1. The summed E-state index contributed by atoms with van der Waals surface area (Å²) >= 11 is 6.57. The van der Waals surface area contributed by atoms with E-state index in [9.17, 15) is 4.79 Å². The van der Waals surface area contributed by atoms with Crippen molar-refractivity contribution in [3.63, 3.8) is 0 Å². The molecule has 2 rings (SSSR count). The van der Waals surface area contributed by atoms with Crippen LogP contribution in [0, 0.1) is 0 Å². The van der Waals surface area contributed by atoms with E-state index in [1.807, 2.05) is 22.4 Å². The quantitative estimate of drug-likeness (QED) is 0.821. The Kier molecular flexibility index (Phi) is 5.34. The molecule has 1 aromatic heterocycles. The minimum Gasteiger partial charge on any atom is -0.393 e. The zero-order chi connectivity index (χ0) is 13.7. The van der Waals surface area contributed by atoms with E-state index in [1.54, 1.807) is 11.3 Å². The molecule has 3 nitrogen and oxygen atoms in total. The van der Waals surface area contributed by atoms with Crippen molar-refractivity contribution < 1.29 is 4.79 Å². The molecule has 1 amide bonds. The summed E-state index contributed by atoms with van der Waals surface area (Å²) in [6.07, 6.45) is 5.82. The molecule has 0 spiro atoms. The molecule has 0 aromatic carbocycles. The van der Waals surface area contributed by atoms with E-state index in [1.165, 1.54) is 12.8 Å². The number of nitrogens with zero attached hydrogens (tertiary/aromatic N) is 1. The summed E-state index contributed by atoms with van der Waals surface area (Å²) in [6, 6.07) is 4.40. The average molecular weight is 296 g/mol. The van der Waals surface area contributed by atoms with Crippen LogP contribution >= 0.6 is 23.6 Å². The van der Waals surface area contributed by atoms with E-state index >= 15 is 0 Å². The van der Waals surface area contributed by atoms with Crippen molar-refractivity contribution in [1.29, 1.82) is 0 Å². The molecule has 1 aliphatic rings. The number of hydrogen-bond donors (Lipinski definition) is 1. The fourth-order valence-electron chi connectivity index (χ4n) is 2.62. The molecule has 0 unspecified atom stereocenters. The zero-order valence-electron chi connectivity index (χ0n) is 11.0. The minimum atomic E-state index is 0.214. The molecule has 19 heavy (non-hydrogen) atoms. The largest absolute Gasteiger partial charge is 0.393 e. The maximum Gasteiger partial charge on any atom is 0.228 e. The third-order valence-corrected chi connectivity index (χ3v) is 4.67. The molecule has 104 valence electrons. The molecule has 1 aliphatic carbocycles. The maximum absolute atomic E-state index is 12.5. The van der Waals surface area contributed by atoms with Gasteiger partial charge in [-0.1, -0.05) is 31.1 Å². The van der Waals surface area contributed by atoms with Gasteiger partial charge in [0.1, 0.15) is 0 Å². The summed E-state index contributed by atoms with van der Waals surface area (Å²) in [5, 5.41) is 2.01. The van der Waals surface area contributed by atoms with Crippen LogP contribution in [0.5, 0.6) is 0 Å². The van der Waals surface area contributed by atoms with Crippen molar-refractivity contribution in [1.82, 2.24) is 4.90 Å². The lowest BCUT2D eigenvalue weighted by Crippen LogP contribution is -2.41. The van der Waals surface area contributed by atoms with E-state index < -0.39 is 0 Å². The van der Waals surface area contributed by atoms with Gasteiger partial charge in [0.15, 0.2) is 0 Å². The highest BCUT2D eigenvalue weighted by Crippen LogP contribution is 2.24. The second-order valence-electron chi connectivity index (χ2n) is 5.00. The first-order valence-electron chi connectivity index (χ1n) is 6.77. The number of nitrogens with two attached hydrogens (primary N) is 1. The van der Waals surface area contributed by atoms with Crippen LogP contribution in [-0.2, 0) is 11.2 Å². The van der Waals surface area contributed by atoms with Crippen molar-refractivity contribution >= 4 is 34.5 Å². The second kappa shape index (κ2) is 7.01. The molecule has 0 aliphatic heterocycles. The summed E-state index contributed by atoms with van der Waals surface area (Å²) in [6.45, 7) is 0.671. The monoisotopic (exact) mass is 296 g/mol. The average Bonchev–Trinajstić information content (AvgIpc) is 3.01. The Balaban J connectivity index is 1.98. The van der Waals surface area contributed by atoms with Crippen LogP contribution in [0.3, 0.4) is 0 Å². The number of carbonyl (C=O) groups excluding carboxylic acids is 1. The van der Waals surface area contributed by atoms with Crippen LogP contribution in [0.1, 0.15) is 37.0 Å². The number of amides is 1. The standard InChI is InChI=1S/C14H20N2OS2/c15-13(18)7-8-16(11-4-1-2-5-11)14(17)10-12-6-3-9-19-12/h3,6,9,11H,1-2,4-5,7-8,10H2,(H2,15,18). The van der Waals surface area contributed by atoms with Crippen molar-refractivity contribution in [2.24, 2.45) is 5.73 Å². The van der Waals surface area contributed by atoms with Crippen LogP contribution in [0.25, 0.3) is 0 Å². The minimum absolute atomic E-state index is 0.214. The Morgan fingerprint density at radius 2 is 2.21 bits per heavy atom. The van der Waals surface area contributed by atoms with Gasteiger partial charge in [0.2, 0.25) is 5.91 Å². The molecule has 0 radical (unpaired) electrons. The van der Waals surface area contributed by atoms with Crippen LogP contribution in [0.2, 0.25) is 0 Å². The molecular formula is C14H20N2OS2. The van der Waals surface area contributed by atoms with Gasteiger partial charge in [0.25, 0.3) is 0 Å². The Bertz CT molecular complexity index is 425. The van der Waals surface area contributed by atoms with Crippen LogP contribution in [-0.4, -0.2) is 28.4 Å². The summed E-state index contributed by atoms with van der Waals surface area (Å²) in [5.41, 5.74) is 5.57. The van der Waals surface area contributed by atoms with Gasteiger partial charge < -0.3 is 10.6 Å². The Morgan fingerprint density at radius 3 is 2.79 bits per heavy atom. The van der Waals surface area contributed by atoms with E-state index in [0.29, 0.717) is 30.4 Å². The summed E-state index contributed by atoms with van der Waals surface area (Å²) in [7, 11) is 0. The lowest BCUT2D eigenvalue weighted by molar-refractivity contribution is -0.132. The van der Waals surface area contributed by atoms with Gasteiger partial charge >= 0.3 is 0 Å². The fraction of sp³-hybridized carbons (Fsp3) is 0.571. The predicted molar refractivity (Wildman–Crippen MR) is 83.4 cm³/mol. The Morgan fingerprint density at radius 1 is 1.47 bits per heavy atom. The van der Waals surface area contributed by atoms with Crippen molar-refractivity contribution in [3.05, 3.63) is 22.4 Å². The molecular weight excluding hydrogens is 276 g/mol. The summed E-state index contributed by atoms with van der Waals surface area (Å²) < 4.78 is 0. The molecule has 2 N–H and O–H groups in total. The van der Waals surface area contributed by atoms with Crippen LogP contribution < -0.4 is 5.73 Å². The number of thiophene rings is 1. The Hall–Kier alpha value is -0.940. The van der Waals surface area contributed by atoms with Gasteiger partial charge in [-0.3, -0.25) is 4.79 Å². The predicted octanol–water partition coefficient (Wildman–Crippen LogP) is 2.74. The molecule has 1 fully saturated rings. The first-order valence-corrected chi connectivity index (χ1v) is 8.06. The fourth-order valence-corrected chi connectivity index (χ4v) is 3.41. The van der Waals surface area contributed by atoms with E-state index in [-0.39, 0.29) is 5.91 Å². The van der Waals surface area contributed by atoms with E-state index in [2.05, 4.69) is 0 Å². The first kappa shape index (κ1) is 14.5. The highest BCUT2D eigenvalue weighted by molar-refractivity contribution is 7.80. The topological polar surface area (TPSA) is 46.3 Å². The highest BCUT2D eigenvalue weighted by Gasteiger charge is 2.26. The third kappa shape index (κ3) is 4.28. The second-order valence-corrected chi connectivity index (χ2v) is 6.55. The molecule has 5 heteroatoms. The summed E-state index contributed by atoms with van der Waals surface area (Å²) in [5.74, 6) is 0.214. The lowest BCUT2D eigenvalue weighted by Gasteiger charge is -2.29. The smallest absolute Gasteiger partial charge is 0.228 e.